The van der Waals surface area contributed by atoms with E-state index in [2.05, 4.69) is 11.9 Å². The number of aliphatic hydroxyl groups excluding tert-OH is 1. The van der Waals surface area contributed by atoms with E-state index in [0.29, 0.717) is 13.2 Å². The molecule has 0 saturated carbocycles. The molecular formula is C14H21NO2. The van der Waals surface area contributed by atoms with Crippen LogP contribution in [-0.4, -0.2) is 30.9 Å². The molecule has 2 N–H and O–H groups in total. The molecule has 0 aromatic heterocycles. The van der Waals surface area contributed by atoms with Gasteiger partial charge in [-0.15, -0.1) is 6.58 Å². The zero-order chi connectivity index (χ0) is 12.5. The van der Waals surface area contributed by atoms with E-state index in [0.717, 1.165) is 24.3 Å². The van der Waals surface area contributed by atoms with Crippen LogP contribution in [0.1, 0.15) is 12.5 Å². The van der Waals surface area contributed by atoms with E-state index in [9.17, 15) is 5.11 Å². The molecule has 0 bridgehead atoms. The van der Waals surface area contributed by atoms with Gasteiger partial charge >= 0.3 is 0 Å². The van der Waals surface area contributed by atoms with Crippen LogP contribution in [0.3, 0.4) is 0 Å². The largest absolute Gasteiger partial charge is 0.491 e. The van der Waals surface area contributed by atoms with Crippen LogP contribution >= 0.6 is 0 Å². The Hall–Kier alpha value is -1.32. The molecule has 17 heavy (non-hydrogen) atoms. The average molecular weight is 235 g/mol. The van der Waals surface area contributed by atoms with Crippen LogP contribution in [0.2, 0.25) is 0 Å². The molecule has 0 amide bonds. The summed E-state index contributed by atoms with van der Waals surface area (Å²) in [5, 5.41) is 12.7. The lowest BCUT2D eigenvalue weighted by atomic mass is 10.1. The maximum atomic E-state index is 9.65. The van der Waals surface area contributed by atoms with Crippen molar-refractivity contribution >= 4 is 0 Å². The number of hydrogen-bond donors (Lipinski definition) is 2. The molecule has 1 unspecified atom stereocenters. The number of allylic oxidation sites excluding steroid dienone is 1. The van der Waals surface area contributed by atoms with Crippen molar-refractivity contribution in [2.45, 2.75) is 19.4 Å². The topological polar surface area (TPSA) is 41.5 Å². The summed E-state index contributed by atoms with van der Waals surface area (Å²) in [4.78, 5) is 0. The number of para-hydroxylation sites is 1. The third-order valence-electron chi connectivity index (χ3n) is 2.40. The molecule has 1 atom stereocenters. The van der Waals surface area contributed by atoms with Crippen molar-refractivity contribution in [2.75, 3.05) is 19.7 Å². The quantitative estimate of drug-likeness (QED) is 0.675. The molecule has 0 spiro atoms. The zero-order valence-corrected chi connectivity index (χ0v) is 10.4. The summed E-state index contributed by atoms with van der Waals surface area (Å²) in [5.74, 6) is 0.822. The molecule has 0 saturated heterocycles. The van der Waals surface area contributed by atoms with E-state index in [-0.39, 0.29) is 0 Å². The number of benzene rings is 1. The Morgan fingerprint density at radius 2 is 2.24 bits per heavy atom. The fourth-order valence-electron chi connectivity index (χ4n) is 1.52. The monoisotopic (exact) mass is 235 g/mol. The molecule has 0 heterocycles. The number of nitrogens with one attached hydrogen (secondary N) is 1. The van der Waals surface area contributed by atoms with Gasteiger partial charge in [-0.25, -0.2) is 0 Å². The van der Waals surface area contributed by atoms with Crippen molar-refractivity contribution in [3.63, 3.8) is 0 Å². The third kappa shape index (κ3) is 5.02. The van der Waals surface area contributed by atoms with Crippen molar-refractivity contribution in [1.82, 2.24) is 5.32 Å². The third-order valence-corrected chi connectivity index (χ3v) is 2.40. The van der Waals surface area contributed by atoms with Gasteiger partial charge in [0.05, 0.1) is 0 Å². The maximum Gasteiger partial charge on any atom is 0.122 e. The SMILES string of the molecule is C=CCc1ccccc1OCC(O)CNCC. The molecule has 94 valence electrons. The Morgan fingerprint density at radius 1 is 1.47 bits per heavy atom. The van der Waals surface area contributed by atoms with Gasteiger partial charge in [-0.1, -0.05) is 31.2 Å². The number of rotatable bonds is 8. The van der Waals surface area contributed by atoms with Gasteiger partial charge in [-0.05, 0) is 24.6 Å². The van der Waals surface area contributed by atoms with Crippen LogP contribution in [0.25, 0.3) is 0 Å². The summed E-state index contributed by atoms with van der Waals surface area (Å²) in [7, 11) is 0. The second-order valence-corrected chi connectivity index (χ2v) is 3.87. The van der Waals surface area contributed by atoms with E-state index in [1.165, 1.54) is 0 Å². The van der Waals surface area contributed by atoms with Gasteiger partial charge in [0, 0.05) is 6.54 Å². The highest BCUT2D eigenvalue weighted by Gasteiger charge is 2.06. The lowest BCUT2D eigenvalue weighted by molar-refractivity contribution is 0.106. The number of ether oxygens (including phenoxy) is 1. The minimum absolute atomic E-state index is 0.307. The van der Waals surface area contributed by atoms with E-state index in [1.54, 1.807) is 0 Å². The van der Waals surface area contributed by atoms with Gasteiger partial charge in [-0.2, -0.15) is 0 Å². The summed E-state index contributed by atoms with van der Waals surface area (Å²) in [6, 6.07) is 7.83. The second-order valence-electron chi connectivity index (χ2n) is 3.87. The molecule has 1 rings (SSSR count). The fraction of sp³-hybridized carbons (Fsp3) is 0.429. The van der Waals surface area contributed by atoms with Crippen molar-refractivity contribution in [3.8, 4) is 5.75 Å². The number of hydrogen-bond acceptors (Lipinski definition) is 3. The highest BCUT2D eigenvalue weighted by atomic mass is 16.5. The van der Waals surface area contributed by atoms with Crippen molar-refractivity contribution < 1.29 is 9.84 Å². The van der Waals surface area contributed by atoms with E-state index in [4.69, 9.17) is 4.74 Å². The van der Waals surface area contributed by atoms with Crippen LogP contribution < -0.4 is 10.1 Å². The Bertz CT molecular complexity index is 339. The van der Waals surface area contributed by atoms with Crippen LogP contribution in [0.5, 0.6) is 5.75 Å². The molecule has 0 fully saturated rings. The first-order valence-electron chi connectivity index (χ1n) is 5.98. The first-order valence-corrected chi connectivity index (χ1v) is 5.98. The van der Waals surface area contributed by atoms with E-state index in [1.807, 2.05) is 37.3 Å². The smallest absolute Gasteiger partial charge is 0.122 e. The second kappa shape index (κ2) is 7.87. The fourth-order valence-corrected chi connectivity index (χ4v) is 1.52. The van der Waals surface area contributed by atoms with Crippen LogP contribution in [0.4, 0.5) is 0 Å². The van der Waals surface area contributed by atoms with Gasteiger partial charge in [0.1, 0.15) is 18.5 Å². The lowest BCUT2D eigenvalue weighted by Gasteiger charge is -2.14. The maximum absolute atomic E-state index is 9.65. The Morgan fingerprint density at radius 3 is 2.94 bits per heavy atom. The summed E-state index contributed by atoms with van der Waals surface area (Å²) in [5.41, 5.74) is 1.10. The summed E-state index contributed by atoms with van der Waals surface area (Å²) >= 11 is 0. The van der Waals surface area contributed by atoms with Crippen molar-refractivity contribution in [3.05, 3.63) is 42.5 Å². The summed E-state index contributed by atoms with van der Waals surface area (Å²) in [6.07, 6.45) is 2.14. The first-order chi connectivity index (χ1) is 8.27. The number of likely N-dealkylation sites (N-methyl/N-ethyl adjacent to an activating group) is 1. The molecular weight excluding hydrogens is 214 g/mol. The molecule has 1 aromatic rings. The molecule has 0 aliphatic carbocycles. The zero-order valence-electron chi connectivity index (χ0n) is 10.4. The predicted molar refractivity (Wildman–Crippen MR) is 70.4 cm³/mol. The normalized spacial score (nSPS) is 12.1. The van der Waals surface area contributed by atoms with Crippen LogP contribution in [0, 0.1) is 0 Å². The predicted octanol–water partition coefficient (Wildman–Crippen LogP) is 1.76. The van der Waals surface area contributed by atoms with Gasteiger partial charge < -0.3 is 15.2 Å². The van der Waals surface area contributed by atoms with Gasteiger partial charge in [-0.3, -0.25) is 0 Å². The molecule has 3 nitrogen and oxygen atoms in total. The van der Waals surface area contributed by atoms with Gasteiger partial charge in [0.15, 0.2) is 0 Å². The average Bonchev–Trinajstić information content (AvgIpc) is 2.35. The van der Waals surface area contributed by atoms with E-state index < -0.39 is 6.10 Å². The lowest BCUT2D eigenvalue weighted by Crippen LogP contribution is -2.31. The number of aliphatic hydroxyl groups is 1. The highest BCUT2D eigenvalue weighted by molar-refractivity contribution is 5.34. The highest BCUT2D eigenvalue weighted by Crippen LogP contribution is 2.18. The van der Waals surface area contributed by atoms with Gasteiger partial charge in [0.25, 0.3) is 0 Å². The summed E-state index contributed by atoms with van der Waals surface area (Å²) < 4.78 is 5.61. The van der Waals surface area contributed by atoms with Crippen molar-refractivity contribution in [1.29, 1.82) is 0 Å². The minimum atomic E-state index is -0.480. The van der Waals surface area contributed by atoms with E-state index >= 15 is 0 Å². The van der Waals surface area contributed by atoms with Crippen LogP contribution in [-0.2, 0) is 6.42 Å². The Balaban J connectivity index is 2.47. The molecule has 3 heteroatoms. The Kier molecular flexibility index (Phi) is 6.37. The minimum Gasteiger partial charge on any atom is -0.491 e. The van der Waals surface area contributed by atoms with Crippen molar-refractivity contribution in [2.24, 2.45) is 0 Å². The van der Waals surface area contributed by atoms with Gasteiger partial charge in [0.2, 0.25) is 0 Å². The Labute approximate surface area is 103 Å². The molecule has 0 radical (unpaired) electrons. The molecule has 0 aliphatic heterocycles. The molecule has 1 aromatic carbocycles. The summed E-state index contributed by atoms with van der Waals surface area (Å²) in [6.45, 7) is 7.44. The first kappa shape index (κ1) is 13.7. The standard InChI is InChI=1S/C14H21NO2/c1-3-7-12-8-5-6-9-14(12)17-11-13(16)10-15-4-2/h3,5-6,8-9,13,15-16H,1,4,7,10-11H2,2H3. The molecule has 0 aliphatic rings. The van der Waals surface area contributed by atoms with Crippen LogP contribution in [0.15, 0.2) is 36.9 Å².